The molecular weight excluding hydrogens is 378 g/mol. The number of nitrogens with zero attached hydrogens (tertiary/aromatic N) is 4. The van der Waals surface area contributed by atoms with E-state index in [2.05, 4.69) is 5.10 Å². The summed E-state index contributed by atoms with van der Waals surface area (Å²) >= 11 is 0. The average Bonchev–Trinajstić information content (AvgIpc) is 3.24. The van der Waals surface area contributed by atoms with E-state index >= 15 is 0 Å². The second-order valence-electron chi connectivity index (χ2n) is 6.69. The highest BCUT2D eigenvalue weighted by Gasteiger charge is 2.26. The van der Waals surface area contributed by atoms with E-state index in [1.165, 1.54) is 35.0 Å². The molecule has 0 radical (unpaired) electrons. The Bertz CT molecular complexity index is 1040. The zero-order valence-electron chi connectivity index (χ0n) is 15.5. The Morgan fingerprint density at radius 3 is 2.07 bits per heavy atom. The first-order chi connectivity index (χ1) is 14.0. The highest BCUT2D eigenvalue weighted by molar-refractivity contribution is 5.95. The molecule has 0 N–H and O–H groups in total. The Hall–Kier alpha value is -3.55. The third kappa shape index (κ3) is 3.87. The molecule has 148 valence electrons. The SMILES string of the molecule is O=C(c1ccc(F)cc1)N1CCN(C(=O)c2ccn(-c3ccccc3F)n2)CC1. The van der Waals surface area contributed by atoms with Crippen LogP contribution in [0.4, 0.5) is 8.78 Å². The molecular formula is C21H18F2N4O2. The van der Waals surface area contributed by atoms with E-state index in [0.717, 1.165) is 0 Å². The van der Waals surface area contributed by atoms with E-state index in [-0.39, 0.29) is 23.2 Å². The van der Waals surface area contributed by atoms with Gasteiger partial charge in [0.05, 0.1) is 0 Å². The summed E-state index contributed by atoms with van der Waals surface area (Å²) in [5.41, 5.74) is 0.891. The van der Waals surface area contributed by atoms with Crippen LogP contribution in [0.25, 0.3) is 5.69 Å². The van der Waals surface area contributed by atoms with Gasteiger partial charge in [-0.1, -0.05) is 12.1 Å². The van der Waals surface area contributed by atoms with Gasteiger partial charge in [0, 0.05) is 37.9 Å². The number of rotatable bonds is 3. The lowest BCUT2D eigenvalue weighted by Gasteiger charge is -2.34. The highest BCUT2D eigenvalue weighted by atomic mass is 19.1. The lowest BCUT2D eigenvalue weighted by Crippen LogP contribution is -2.50. The van der Waals surface area contributed by atoms with Crippen molar-refractivity contribution in [1.29, 1.82) is 0 Å². The second kappa shape index (κ2) is 7.83. The number of aromatic nitrogens is 2. The van der Waals surface area contributed by atoms with Crippen LogP contribution in [0.1, 0.15) is 20.8 Å². The van der Waals surface area contributed by atoms with Gasteiger partial charge in [-0.25, -0.2) is 13.5 Å². The molecule has 1 aliphatic rings. The summed E-state index contributed by atoms with van der Waals surface area (Å²) in [5.74, 6) is -1.29. The number of amides is 2. The maximum atomic E-state index is 13.9. The molecule has 1 fully saturated rings. The molecule has 0 unspecified atom stereocenters. The summed E-state index contributed by atoms with van der Waals surface area (Å²) in [5, 5.41) is 4.20. The van der Waals surface area contributed by atoms with Gasteiger partial charge >= 0.3 is 0 Å². The predicted molar refractivity (Wildman–Crippen MR) is 102 cm³/mol. The fraction of sp³-hybridized carbons (Fsp3) is 0.190. The van der Waals surface area contributed by atoms with Gasteiger partial charge in [0.2, 0.25) is 0 Å². The molecule has 3 aromatic rings. The summed E-state index contributed by atoms with van der Waals surface area (Å²) in [6.07, 6.45) is 1.54. The Morgan fingerprint density at radius 2 is 1.41 bits per heavy atom. The van der Waals surface area contributed by atoms with Gasteiger partial charge in [0.15, 0.2) is 5.69 Å². The molecule has 0 saturated carbocycles. The molecule has 4 rings (SSSR count). The molecule has 8 heteroatoms. The van der Waals surface area contributed by atoms with Gasteiger partial charge in [0.25, 0.3) is 11.8 Å². The molecule has 2 heterocycles. The van der Waals surface area contributed by atoms with Gasteiger partial charge in [0.1, 0.15) is 17.3 Å². The molecule has 0 bridgehead atoms. The minimum atomic E-state index is -0.428. The Morgan fingerprint density at radius 1 is 0.793 bits per heavy atom. The fourth-order valence-electron chi connectivity index (χ4n) is 3.26. The topological polar surface area (TPSA) is 58.4 Å². The van der Waals surface area contributed by atoms with E-state index in [4.69, 9.17) is 0 Å². The first kappa shape index (κ1) is 18.8. The number of halogens is 2. The lowest BCUT2D eigenvalue weighted by molar-refractivity contribution is 0.0532. The van der Waals surface area contributed by atoms with E-state index < -0.39 is 11.6 Å². The number of piperazine rings is 1. The van der Waals surface area contributed by atoms with Crippen molar-refractivity contribution in [3.63, 3.8) is 0 Å². The van der Waals surface area contributed by atoms with Crippen molar-refractivity contribution in [3.8, 4) is 5.69 Å². The lowest BCUT2D eigenvalue weighted by atomic mass is 10.1. The van der Waals surface area contributed by atoms with Crippen molar-refractivity contribution >= 4 is 11.8 Å². The van der Waals surface area contributed by atoms with Crippen LogP contribution in [-0.2, 0) is 0 Å². The summed E-state index contributed by atoms with van der Waals surface area (Å²) < 4.78 is 28.3. The number of benzene rings is 2. The van der Waals surface area contributed by atoms with Crippen LogP contribution in [0.3, 0.4) is 0 Å². The first-order valence-corrected chi connectivity index (χ1v) is 9.17. The third-order valence-electron chi connectivity index (χ3n) is 4.85. The largest absolute Gasteiger partial charge is 0.335 e. The van der Waals surface area contributed by atoms with Crippen LogP contribution >= 0.6 is 0 Å². The van der Waals surface area contributed by atoms with Crippen molar-refractivity contribution in [1.82, 2.24) is 19.6 Å². The Labute approximate surface area is 166 Å². The van der Waals surface area contributed by atoms with Crippen LogP contribution in [-0.4, -0.2) is 57.6 Å². The third-order valence-corrected chi connectivity index (χ3v) is 4.85. The van der Waals surface area contributed by atoms with Crippen LogP contribution in [0.15, 0.2) is 60.8 Å². The van der Waals surface area contributed by atoms with E-state index in [0.29, 0.717) is 31.7 Å². The maximum Gasteiger partial charge on any atom is 0.274 e. The van der Waals surface area contributed by atoms with E-state index in [1.807, 2.05) is 0 Å². The summed E-state index contributed by atoms with van der Waals surface area (Å²) in [6, 6.07) is 13.1. The van der Waals surface area contributed by atoms with Crippen LogP contribution < -0.4 is 0 Å². The fourth-order valence-corrected chi connectivity index (χ4v) is 3.26. The molecule has 1 aliphatic heterocycles. The van der Waals surface area contributed by atoms with Gasteiger partial charge in [-0.2, -0.15) is 5.10 Å². The standard InChI is InChI=1S/C21H18F2N4O2/c22-16-7-5-15(6-8-16)20(28)25-11-13-26(14-12-25)21(29)18-9-10-27(24-18)19-4-2-1-3-17(19)23/h1-10H,11-14H2. The predicted octanol–water partition coefficient (Wildman–Crippen LogP) is 2.75. The zero-order chi connectivity index (χ0) is 20.4. The normalized spacial score (nSPS) is 14.1. The minimum absolute atomic E-state index is 0.194. The molecule has 0 aliphatic carbocycles. The van der Waals surface area contributed by atoms with Gasteiger partial charge < -0.3 is 9.80 Å². The molecule has 2 amide bonds. The van der Waals surface area contributed by atoms with Crippen LogP contribution in [0.2, 0.25) is 0 Å². The van der Waals surface area contributed by atoms with Gasteiger partial charge in [-0.15, -0.1) is 0 Å². The Kier molecular flexibility index (Phi) is 5.07. The second-order valence-corrected chi connectivity index (χ2v) is 6.69. The number of hydrogen-bond donors (Lipinski definition) is 0. The van der Waals surface area contributed by atoms with E-state index in [1.54, 1.807) is 40.3 Å². The zero-order valence-corrected chi connectivity index (χ0v) is 15.5. The molecule has 2 aromatic carbocycles. The molecule has 1 saturated heterocycles. The summed E-state index contributed by atoms with van der Waals surface area (Å²) in [6.45, 7) is 1.46. The molecule has 1 aromatic heterocycles. The van der Waals surface area contributed by atoms with Gasteiger partial charge in [-0.05, 0) is 42.5 Å². The maximum absolute atomic E-state index is 13.9. The molecule has 29 heavy (non-hydrogen) atoms. The molecule has 6 nitrogen and oxygen atoms in total. The minimum Gasteiger partial charge on any atom is -0.335 e. The first-order valence-electron chi connectivity index (χ1n) is 9.17. The van der Waals surface area contributed by atoms with E-state index in [9.17, 15) is 18.4 Å². The number of carbonyl (C=O) groups excluding carboxylic acids is 2. The monoisotopic (exact) mass is 396 g/mol. The number of hydrogen-bond acceptors (Lipinski definition) is 3. The quantitative estimate of drug-likeness (QED) is 0.684. The highest BCUT2D eigenvalue weighted by Crippen LogP contribution is 2.15. The van der Waals surface area contributed by atoms with Crippen molar-refractivity contribution < 1.29 is 18.4 Å². The van der Waals surface area contributed by atoms with Crippen molar-refractivity contribution in [2.24, 2.45) is 0 Å². The smallest absolute Gasteiger partial charge is 0.274 e. The average molecular weight is 396 g/mol. The van der Waals surface area contributed by atoms with Gasteiger partial charge in [-0.3, -0.25) is 9.59 Å². The summed E-state index contributed by atoms with van der Waals surface area (Å²) in [4.78, 5) is 28.5. The number of carbonyl (C=O) groups is 2. The Balaban J connectivity index is 1.40. The van der Waals surface area contributed by atoms with Crippen molar-refractivity contribution in [2.75, 3.05) is 26.2 Å². The van der Waals surface area contributed by atoms with Crippen LogP contribution in [0.5, 0.6) is 0 Å². The summed E-state index contributed by atoms with van der Waals surface area (Å²) in [7, 11) is 0. The molecule has 0 atom stereocenters. The van der Waals surface area contributed by atoms with Crippen molar-refractivity contribution in [3.05, 3.63) is 83.7 Å². The molecule has 0 spiro atoms. The van der Waals surface area contributed by atoms with Crippen LogP contribution in [0, 0.1) is 11.6 Å². The number of para-hydroxylation sites is 1. The van der Waals surface area contributed by atoms with Crippen molar-refractivity contribution in [2.45, 2.75) is 0 Å².